The minimum Gasteiger partial charge on any atom is -0.468 e. The molecule has 0 atom stereocenters. The van der Waals surface area contributed by atoms with Crippen LogP contribution in [0.3, 0.4) is 0 Å². The summed E-state index contributed by atoms with van der Waals surface area (Å²) >= 11 is 1.30. The van der Waals surface area contributed by atoms with Crippen LogP contribution in [-0.2, 0) is 21.5 Å². The molecule has 0 N–H and O–H groups in total. The van der Waals surface area contributed by atoms with E-state index < -0.39 is 5.97 Å². The van der Waals surface area contributed by atoms with Gasteiger partial charge < -0.3 is 18.8 Å². The fraction of sp³-hybridized carbons (Fsp3) is 0.318. The number of fused-ring (bicyclic) bond motifs is 2. The number of thiazole rings is 1. The highest BCUT2D eigenvalue weighted by atomic mass is 32.1. The Bertz CT molecular complexity index is 1200. The van der Waals surface area contributed by atoms with Crippen molar-refractivity contribution in [2.45, 2.75) is 32.7 Å². The molecule has 0 unspecified atom stereocenters. The Labute approximate surface area is 177 Å². The third-order valence-electron chi connectivity index (χ3n) is 4.89. The number of benzene rings is 2. The number of methoxy groups -OCH3 is 1. The van der Waals surface area contributed by atoms with Crippen LogP contribution in [0.1, 0.15) is 36.7 Å². The highest BCUT2D eigenvalue weighted by Gasteiger charge is 2.20. The predicted octanol–water partition coefficient (Wildman–Crippen LogP) is 3.64. The Hall–Kier alpha value is -3.13. The number of amides is 1. The molecule has 7 nitrogen and oxygen atoms in total. The first-order chi connectivity index (χ1) is 14.3. The van der Waals surface area contributed by atoms with Crippen molar-refractivity contribution in [3.63, 3.8) is 0 Å². The maximum Gasteiger partial charge on any atom is 0.325 e. The van der Waals surface area contributed by atoms with E-state index in [0.29, 0.717) is 21.9 Å². The molecule has 4 rings (SSSR count). The molecule has 0 spiro atoms. The van der Waals surface area contributed by atoms with E-state index in [1.54, 1.807) is 22.8 Å². The van der Waals surface area contributed by atoms with Crippen LogP contribution in [-0.4, -0.2) is 30.3 Å². The third kappa shape index (κ3) is 3.82. The number of hydrogen-bond acceptors (Lipinski definition) is 6. The van der Waals surface area contributed by atoms with Gasteiger partial charge in [-0.25, -0.2) is 0 Å². The summed E-state index contributed by atoms with van der Waals surface area (Å²) in [6.45, 7) is 6.44. The van der Waals surface area contributed by atoms with Gasteiger partial charge in [-0.1, -0.05) is 44.2 Å². The molecule has 0 saturated carbocycles. The second-order valence-electron chi connectivity index (χ2n) is 7.96. The Morgan fingerprint density at radius 1 is 1.13 bits per heavy atom. The minimum atomic E-state index is -0.434. The molecule has 1 aromatic heterocycles. The molecule has 3 aromatic rings. The van der Waals surface area contributed by atoms with Crippen molar-refractivity contribution in [1.82, 2.24) is 4.57 Å². The summed E-state index contributed by atoms with van der Waals surface area (Å²) in [5.41, 5.74) is 2.35. The maximum atomic E-state index is 12.8. The smallest absolute Gasteiger partial charge is 0.325 e. The highest BCUT2D eigenvalue weighted by molar-refractivity contribution is 7.16. The zero-order chi connectivity index (χ0) is 21.5. The van der Waals surface area contributed by atoms with Crippen LogP contribution in [0, 0.1) is 0 Å². The van der Waals surface area contributed by atoms with E-state index >= 15 is 0 Å². The fourth-order valence-electron chi connectivity index (χ4n) is 3.16. The minimum absolute atomic E-state index is 0.00171. The van der Waals surface area contributed by atoms with Crippen molar-refractivity contribution in [3.05, 3.63) is 52.3 Å². The van der Waals surface area contributed by atoms with Gasteiger partial charge in [0.25, 0.3) is 5.91 Å². The molecule has 1 aliphatic heterocycles. The fourth-order valence-corrected chi connectivity index (χ4v) is 4.19. The van der Waals surface area contributed by atoms with Gasteiger partial charge in [-0.05, 0) is 23.1 Å². The van der Waals surface area contributed by atoms with E-state index in [4.69, 9.17) is 14.2 Å². The van der Waals surface area contributed by atoms with Crippen LogP contribution in [0.4, 0.5) is 0 Å². The average molecular weight is 426 g/mol. The molecule has 0 fully saturated rings. The first kappa shape index (κ1) is 20.2. The summed E-state index contributed by atoms with van der Waals surface area (Å²) in [6, 6.07) is 11.1. The lowest BCUT2D eigenvalue weighted by atomic mass is 9.87. The van der Waals surface area contributed by atoms with Crippen molar-refractivity contribution in [3.8, 4) is 11.5 Å². The van der Waals surface area contributed by atoms with Crippen LogP contribution in [0.2, 0.25) is 0 Å². The van der Waals surface area contributed by atoms with E-state index in [1.807, 2.05) is 18.2 Å². The topological polar surface area (TPSA) is 79.1 Å². The first-order valence-corrected chi connectivity index (χ1v) is 10.3. The average Bonchev–Trinajstić information content (AvgIpc) is 3.29. The molecule has 0 radical (unpaired) electrons. The Morgan fingerprint density at radius 2 is 1.80 bits per heavy atom. The normalized spacial score (nSPS) is 13.7. The number of aromatic nitrogens is 1. The standard InChI is InChI=1S/C22H22N2O5S/c1-22(2,3)14-7-5-13(6-8-14)20(26)23-21-24(11-19(25)27-4)15-9-16-17(29-12-28-16)10-18(15)30-21/h5-10H,11-12H2,1-4H3. The van der Waals surface area contributed by atoms with Crippen molar-refractivity contribution in [2.75, 3.05) is 13.9 Å². The van der Waals surface area contributed by atoms with E-state index in [0.717, 1.165) is 15.8 Å². The maximum absolute atomic E-state index is 12.8. The van der Waals surface area contributed by atoms with Crippen LogP contribution in [0.5, 0.6) is 11.5 Å². The largest absolute Gasteiger partial charge is 0.468 e. The molecule has 2 aromatic carbocycles. The summed E-state index contributed by atoms with van der Waals surface area (Å²) in [5.74, 6) is 0.413. The molecule has 1 amide bonds. The van der Waals surface area contributed by atoms with Gasteiger partial charge in [-0.3, -0.25) is 9.59 Å². The monoisotopic (exact) mass is 426 g/mol. The quantitative estimate of drug-likeness (QED) is 0.598. The van der Waals surface area contributed by atoms with Crippen LogP contribution >= 0.6 is 11.3 Å². The summed E-state index contributed by atoms with van der Waals surface area (Å²) in [5, 5.41) is 0. The molecule has 8 heteroatoms. The number of carbonyl (C=O) groups is 2. The molecule has 30 heavy (non-hydrogen) atoms. The zero-order valence-corrected chi connectivity index (χ0v) is 18.0. The van der Waals surface area contributed by atoms with E-state index in [2.05, 4.69) is 25.8 Å². The van der Waals surface area contributed by atoms with Crippen molar-refractivity contribution in [2.24, 2.45) is 4.99 Å². The number of carbonyl (C=O) groups excluding carboxylic acids is 2. The van der Waals surface area contributed by atoms with Gasteiger partial charge in [-0.2, -0.15) is 4.99 Å². The lowest BCUT2D eigenvalue weighted by Gasteiger charge is -2.18. The van der Waals surface area contributed by atoms with E-state index in [9.17, 15) is 9.59 Å². The van der Waals surface area contributed by atoms with Gasteiger partial charge in [0.05, 0.1) is 17.3 Å². The Morgan fingerprint density at radius 3 is 2.43 bits per heavy atom. The summed E-state index contributed by atoms with van der Waals surface area (Å²) < 4.78 is 18.2. The molecule has 156 valence electrons. The van der Waals surface area contributed by atoms with Crippen LogP contribution in [0.25, 0.3) is 10.2 Å². The molecular formula is C22H22N2O5S. The molecule has 2 heterocycles. The lowest BCUT2D eigenvalue weighted by Crippen LogP contribution is -2.22. The van der Waals surface area contributed by atoms with E-state index in [1.165, 1.54) is 18.4 Å². The second-order valence-corrected chi connectivity index (χ2v) is 8.97. The SMILES string of the molecule is COC(=O)Cn1c(=NC(=O)c2ccc(C(C)(C)C)cc2)sc2cc3c(cc21)OCO3. The Kier molecular flexibility index (Phi) is 5.11. The van der Waals surface area contributed by atoms with Gasteiger partial charge in [-0.15, -0.1) is 0 Å². The van der Waals surface area contributed by atoms with Crippen LogP contribution in [0.15, 0.2) is 41.4 Å². The first-order valence-electron chi connectivity index (χ1n) is 9.45. The molecule has 0 bridgehead atoms. The Balaban J connectivity index is 1.78. The molecule has 1 aliphatic rings. The highest BCUT2D eigenvalue weighted by Crippen LogP contribution is 2.37. The van der Waals surface area contributed by atoms with Gasteiger partial charge in [0, 0.05) is 17.7 Å². The van der Waals surface area contributed by atoms with Gasteiger partial charge in [0.1, 0.15) is 6.54 Å². The van der Waals surface area contributed by atoms with Gasteiger partial charge >= 0.3 is 5.97 Å². The third-order valence-corrected chi connectivity index (χ3v) is 5.93. The summed E-state index contributed by atoms with van der Waals surface area (Å²) in [4.78, 5) is 29.5. The molecular weight excluding hydrogens is 404 g/mol. The van der Waals surface area contributed by atoms with Crippen molar-refractivity contribution < 1.29 is 23.8 Å². The number of nitrogens with zero attached hydrogens (tertiary/aromatic N) is 2. The second kappa shape index (κ2) is 7.60. The summed E-state index contributed by atoms with van der Waals surface area (Å²) in [6.07, 6.45) is 0. The predicted molar refractivity (Wildman–Crippen MR) is 113 cm³/mol. The number of rotatable bonds is 3. The summed E-state index contributed by atoms with van der Waals surface area (Å²) in [7, 11) is 1.32. The van der Waals surface area contributed by atoms with Gasteiger partial charge in [0.2, 0.25) is 6.79 Å². The lowest BCUT2D eigenvalue weighted by molar-refractivity contribution is -0.141. The molecule has 0 saturated heterocycles. The zero-order valence-electron chi connectivity index (χ0n) is 17.2. The number of hydrogen-bond donors (Lipinski definition) is 0. The number of esters is 1. The van der Waals surface area contributed by atoms with E-state index in [-0.39, 0.29) is 24.7 Å². The molecule has 0 aliphatic carbocycles. The van der Waals surface area contributed by atoms with Crippen molar-refractivity contribution >= 4 is 33.4 Å². The van der Waals surface area contributed by atoms with Crippen molar-refractivity contribution in [1.29, 1.82) is 0 Å². The van der Waals surface area contributed by atoms with Crippen LogP contribution < -0.4 is 14.3 Å². The number of ether oxygens (including phenoxy) is 3. The van der Waals surface area contributed by atoms with Gasteiger partial charge in [0.15, 0.2) is 16.3 Å².